The Labute approximate surface area is 184 Å². The maximum Gasteiger partial charge on any atom is 0.344 e. The quantitative estimate of drug-likeness (QED) is 0.678. The topological polar surface area (TPSA) is 86.6 Å². The number of carbonyl (C=O) groups is 1. The molecule has 0 saturated heterocycles. The maximum atomic E-state index is 12.5. The Morgan fingerprint density at radius 1 is 1.16 bits per heavy atom. The number of nitrogens with zero attached hydrogens (tertiary/aromatic N) is 1. The molecule has 2 aliphatic heterocycles. The van der Waals surface area contributed by atoms with E-state index in [1.807, 2.05) is 18.2 Å². The van der Waals surface area contributed by atoms with Crippen LogP contribution < -0.4 is 14.2 Å². The zero-order chi connectivity index (χ0) is 21.8. The van der Waals surface area contributed by atoms with Gasteiger partial charge in [-0.05, 0) is 55.0 Å². The number of fused-ring (bicyclic) bond motifs is 1. The average Bonchev–Trinajstić information content (AvgIpc) is 3.09. The Hall–Kier alpha value is -3.39. The number of ether oxygens (including phenoxy) is 4. The van der Waals surface area contributed by atoms with E-state index in [0.29, 0.717) is 46.1 Å². The third kappa shape index (κ3) is 4.54. The summed E-state index contributed by atoms with van der Waals surface area (Å²) < 4.78 is 21.5. The fourth-order valence-electron chi connectivity index (χ4n) is 3.07. The van der Waals surface area contributed by atoms with E-state index < -0.39 is 5.97 Å². The first-order valence-electron chi connectivity index (χ1n) is 9.72. The first-order valence-corrected chi connectivity index (χ1v) is 10.5. The molecule has 0 saturated carbocycles. The first kappa shape index (κ1) is 20.9. The third-order valence-corrected chi connectivity index (χ3v) is 5.56. The van der Waals surface area contributed by atoms with E-state index in [-0.39, 0.29) is 17.9 Å². The van der Waals surface area contributed by atoms with Crippen LogP contribution in [0.3, 0.4) is 0 Å². The van der Waals surface area contributed by atoms with Crippen molar-refractivity contribution in [2.24, 2.45) is 4.99 Å². The molecule has 0 unspecified atom stereocenters. The van der Waals surface area contributed by atoms with Crippen LogP contribution in [-0.4, -0.2) is 43.0 Å². The predicted octanol–water partition coefficient (Wildman–Crippen LogP) is 4.66. The van der Waals surface area contributed by atoms with Crippen LogP contribution in [0.4, 0.5) is 5.69 Å². The normalized spacial score (nSPS) is 17.9. The van der Waals surface area contributed by atoms with Crippen molar-refractivity contribution in [3.63, 3.8) is 0 Å². The lowest BCUT2D eigenvalue weighted by atomic mass is 10.1. The van der Waals surface area contributed by atoms with Gasteiger partial charge in [0.05, 0.1) is 24.3 Å². The molecule has 2 aromatic carbocycles. The van der Waals surface area contributed by atoms with E-state index in [9.17, 15) is 9.90 Å². The summed E-state index contributed by atoms with van der Waals surface area (Å²) in [5.74, 6) is 1.24. The van der Waals surface area contributed by atoms with Gasteiger partial charge in [-0.15, -0.1) is 0 Å². The summed E-state index contributed by atoms with van der Waals surface area (Å²) in [5, 5.41) is 11.2. The van der Waals surface area contributed by atoms with Gasteiger partial charge in [0.25, 0.3) is 0 Å². The number of rotatable bonds is 5. The molecule has 0 atom stereocenters. The van der Waals surface area contributed by atoms with Gasteiger partial charge in [0, 0.05) is 0 Å². The number of aliphatic hydroxyl groups is 1. The molecular weight excluding hydrogens is 418 g/mol. The lowest BCUT2D eigenvalue weighted by Crippen LogP contribution is -2.15. The van der Waals surface area contributed by atoms with E-state index >= 15 is 0 Å². The van der Waals surface area contributed by atoms with Crippen LogP contribution in [0.1, 0.15) is 12.5 Å². The van der Waals surface area contributed by atoms with Crippen LogP contribution >= 0.6 is 11.8 Å². The van der Waals surface area contributed by atoms with Gasteiger partial charge in [0.15, 0.2) is 11.5 Å². The predicted molar refractivity (Wildman–Crippen MR) is 119 cm³/mol. The number of thioether (sulfide) groups is 1. The van der Waals surface area contributed by atoms with Gasteiger partial charge < -0.3 is 24.1 Å². The minimum absolute atomic E-state index is 0.0476. The van der Waals surface area contributed by atoms with Gasteiger partial charge in [-0.25, -0.2) is 9.79 Å². The average molecular weight is 439 g/mol. The van der Waals surface area contributed by atoms with E-state index in [1.165, 1.54) is 11.8 Å². The highest BCUT2D eigenvalue weighted by Crippen LogP contribution is 2.41. The number of hydrogen-bond acceptors (Lipinski definition) is 8. The highest BCUT2D eigenvalue weighted by molar-refractivity contribution is 8.18. The van der Waals surface area contributed by atoms with Gasteiger partial charge in [0.1, 0.15) is 35.3 Å². The SMILES string of the molecule is CCOC(=O)C1=C(O)/C(=C\c2ccc3c(c2)OCCO3)SC1=Nc1ccc(OC)cc1. The molecule has 0 amide bonds. The standard InChI is InChI=1S/C23H21NO6S/c1-3-28-23(26)20-21(25)19(13-14-4-9-17-18(12-14)30-11-10-29-17)31-22(20)24-15-5-7-16(27-2)8-6-15/h4-9,12-13,25H,3,10-11H2,1-2H3/b19-13+,24-22?. The summed E-state index contributed by atoms with van der Waals surface area (Å²) in [6.07, 6.45) is 1.77. The zero-order valence-electron chi connectivity index (χ0n) is 17.1. The fraction of sp³-hybridized carbons (Fsp3) is 0.217. The molecule has 7 nitrogen and oxygen atoms in total. The molecule has 0 radical (unpaired) electrons. The minimum Gasteiger partial charge on any atom is -0.506 e. The van der Waals surface area contributed by atoms with Gasteiger partial charge in [-0.3, -0.25) is 0 Å². The molecule has 2 aliphatic rings. The number of hydrogen-bond donors (Lipinski definition) is 1. The lowest BCUT2D eigenvalue weighted by Gasteiger charge is -2.18. The monoisotopic (exact) mass is 439 g/mol. The van der Waals surface area contributed by atoms with Crippen molar-refractivity contribution in [1.29, 1.82) is 0 Å². The lowest BCUT2D eigenvalue weighted by molar-refractivity contribution is -0.138. The van der Waals surface area contributed by atoms with Crippen LogP contribution in [0, 0.1) is 0 Å². The van der Waals surface area contributed by atoms with Gasteiger partial charge in [0.2, 0.25) is 0 Å². The zero-order valence-corrected chi connectivity index (χ0v) is 17.9. The molecule has 1 N–H and O–H groups in total. The molecule has 0 fully saturated rings. The van der Waals surface area contributed by atoms with Crippen molar-refractivity contribution in [1.82, 2.24) is 0 Å². The van der Waals surface area contributed by atoms with Crippen LogP contribution in [0.5, 0.6) is 17.2 Å². The molecule has 0 spiro atoms. The Morgan fingerprint density at radius 2 is 1.90 bits per heavy atom. The van der Waals surface area contributed by atoms with Crippen LogP contribution in [0.2, 0.25) is 0 Å². The van der Waals surface area contributed by atoms with Gasteiger partial charge in [-0.1, -0.05) is 17.8 Å². The molecule has 160 valence electrons. The summed E-state index contributed by atoms with van der Waals surface area (Å²) in [5.41, 5.74) is 1.47. The second kappa shape index (κ2) is 9.18. The highest BCUT2D eigenvalue weighted by Gasteiger charge is 2.33. The molecular formula is C23H21NO6S. The summed E-state index contributed by atoms with van der Waals surface area (Å²) >= 11 is 1.20. The first-order chi connectivity index (χ1) is 15.1. The molecule has 0 aromatic heterocycles. The summed E-state index contributed by atoms with van der Waals surface area (Å²) in [7, 11) is 1.59. The van der Waals surface area contributed by atoms with Crippen molar-refractivity contribution in [3.8, 4) is 17.2 Å². The van der Waals surface area contributed by atoms with Crippen LogP contribution in [0.25, 0.3) is 6.08 Å². The van der Waals surface area contributed by atoms with E-state index in [2.05, 4.69) is 4.99 Å². The molecule has 4 rings (SSSR count). The third-order valence-electron chi connectivity index (χ3n) is 4.54. The Kier molecular flexibility index (Phi) is 6.18. The second-order valence-electron chi connectivity index (χ2n) is 6.57. The van der Waals surface area contributed by atoms with E-state index in [4.69, 9.17) is 18.9 Å². The number of aliphatic hydroxyl groups excluding tert-OH is 1. The van der Waals surface area contributed by atoms with Crippen molar-refractivity contribution in [3.05, 3.63) is 64.3 Å². The number of benzene rings is 2. The molecule has 0 bridgehead atoms. The van der Waals surface area contributed by atoms with Crippen molar-refractivity contribution in [2.45, 2.75) is 6.92 Å². The molecule has 2 aromatic rings. The van der Waals surface area contributed by atoms with Crippen molar-refractivity contribution >= 4 is 34.5 Å². The van der Waals surface area contributed by atoms with Gasteiger partial charge in [-0.2, -0.15) is 0 Å². The van der Waals surface area contributed by atoms with Crippen molar-refractivity contribution in [2.75, 3.05) is 26.9 Å². The summed E-state index contributed by atoms with van der Waals surface area (Å²) in [6, 6.07) is 12.6. The molecule has 0 aliphatic carbocycles. The highest BCUT2D eigenvalue weighted by atomic mass is 32.2. The van der Waals surface area contributed by atoms with Crippen LogP contribution in [-0.2, 0) is 9.53 Å². The smallest absolute Gasteiger partial charge is 0.344 e. The molecule has 8 heteroatoms. The van der Waals surface area contributed by atoms with E-state index in [1.54, 1.807) is 44.4 Å². The Bertz CT molecular complexity index is 1090. The number of esters is 1. The number of methoxy groups -OCH3 is 1. The van der Waals surface area contributed by atoms with Crippen LogP contribution in [0.15, 0.2) is 63.7 Å². The Morgan fingerprint density at radius 3 is 2.61 bits per heavy atom. The summed E-state index contributed by atoms with van der Waals surface area (Å²) in [4.78, 5) is 17.6. The summed E-state index contributed by atoms with van der Waals surface area (Å²) in [6.45, 7) is 2.90. The Balaban J connectivity index is 1.70. The minimum atomic E-state index is -0.620. The fourth-order valence-corrected chi connectivity index (χ4v) is 4.10. The van der Waals surface area contributed by atoms with Gasteiger partial charge >= 0.3 is 5.97 Å². The van der Waals surface area contributed by atoms with Crippen molar-refractivity contribution < 1.29 is 28.8 Å². The molecule has 2 heterocycles. The maximum absolute atomic E-state index is 12.5. The van der Waals surface area contributed by atoms with E-state index in [0.717, 1.165) is 5.56 Å². The number of carbonyl (C=O) groups excluding carboxylic acids is 1. The molecule has 31 heavy (non-hydrogen) atoms. The second-order valence-corrected chi connectivity index (χ2v) is 7.60. The number of aliphatic imine (C=N–C) groups is 1. The largest absolute Gasteiger partial charge is 0.506 e.